The van der Waals surface area contributed by atoms with Crippen molar-refractivity contribution in [2.24, 2.45) is 5.92 Å². The summed E-state index contributed by atoms with van der Waals surface area (Å²) in [5.74, 6) is 0.964. The minimum atomic E-state index is 0.244. The zero-order valence-corrected chi connectivity index (χ0v) is 9.14. The van der Waals surface area contributed by atoms with Crippen LogP contribution in [0.25, 0.3) is 0 Å². The molecule has 0 heterocycles. The van der Waals surface area contributed by atoms with Gasteiger partial charge in [-0.05, 0) is 43.4 Å². The van der Waals surface area contributed by atoms with Gasteiger partial charge in [-0.1, -0.05) is 23.7 Å². The number of benzene rings is 1. The fourth-order valence-corrected chi connectivity index (χ4v) is 2.04. The molecule has 0 aromatic heterocycles. The number of carbonyl (C=O) groups excluding carboxylic acids is 1. The molecule has 1 aromatic rings. The Morgan fingerprint density at radius 3 is 2.71 bits per heavy atom. The first kappa shape index (κ1) is 9.72. The van der Waals surface area contributed by atoms with E-state index in [2.05, 4.69) is 6.07 Å². The van der Waals surface area contributed by atoms with Crippen LogP contribution < -0.4 is 0 Å². The Kier molecular flexibility index (Phi) is 2.36. The molecule has 0 radical (unpaired) electrons. The van der Waals surface area contributed by atoms with Crippen molar-refractivity contribution < 1.29 is 4.79 Å². The van der Waals surface area contributed by atoms with E-state index in [0.29, 0.717) is 11.7 Å². The van der Waals surface area contributed by atoms with Gasteiger partial charge in [0.1, 0.15) is 5.78 Å². The van der Waals surface area contributed by atoms with Gasteiger partial charge in [0.15, 0.2) is 0 Å². The summed E-state index contributed by atoms with van der Waals surface area (Å²) in [5.41, 5.74) is 2.30. The first-order valence-electron chi connectivity index (χ1n) is 4.86. The van der Waals surface area contributed by atoms with Crippen molar-refractivity contribution in [3.63, 3.8) is 0 Å². The van der Waals surface area contributed by atoms with Crippen molar-refractivity contribution in [3.05, 3.63) is 34.3 Å². The van der Waals surface area contributed by atoms with Gasteiger partial charge >= 0.3 is 0 Å². The molecule has 2 heteroatoms. The number of hydrogen-bond donors (Lipinski definition) is 0. The highest BCUT2D eigenvalue weighted by Gasteiger charge is 2.41. The maximum atomic E-state index is 11.1. The van der Waals surface area contributed by atoms with Gasteiger partial charge in [0, 0.05) is 10.9 Å². The van der Waals surface area contributed by atoms with E-state index >= 15 is 0 Å². The standard InChI is InChI=1S/C12H13ClO/c1-7-3-4-9(5-12(7)13)11-6-10(11)8(2)14/h3-5,10-11H,6H2,1-2H3. The second-order valence-corrected chi connectivity index (χ2v) is 4.48. The SMILES string of the molecule is CC(=O)C1CC1c1ccc(C)c(Cl)c1. The second-order valence-electron chi connectivity index (χ2n) is 4.07. The van der Waals surface area contributed by atoms with Gasteiger partial charge < -0.3 is 0 Å². The first-order valence-corrected chi connectivity index (χ1v) is 5.24. The molecule has 1 aromatic carbocycles. The largest absolute Gasteiger partial charge is 0.300 e. The molecule has 1 aliphatic carbocycles. The van der Waals surface area contributed by atoms with E-state index in [9.17, 15) is 4.79 Å². The van der Waals surface area contributed by atoms with Crippen LogP contribution in [-0.4, -0.2) is 5.78 Å². The predicted molar refractivity (Wildman–Crippen MR) is 57.7 cm³/mol. The van der Waals surface area contributed by atoms with E-state index in [0.717, 1.165) is 17.0 Å². The monoisotopic (exact) mass is 208 g/mol. The second kappa shape index (κ2) is 3.39. The van der Waals surface area contributed by atoms with Crippen molar-refractivity contribution in [3.8, 4) is 0 Å². The fourth-order valence-electron chi connectivity index (χ4n) is 1.85. The summed E-state index contributed by atoms with van der Waals surface area (Å²) >= 11 is 6.03. The molecule has 1 saturated carbocycles. The van der Waals surface area contributed by atoms with Crippen LogP contribution in [0, 0.1) is 12.8 Å². The lowest BCUT2D eigenvalue weighted by Crippen LogP contribution is -1.94. The van der Waals surface area contributed by atoms with Crippen LogP contribution in [0.15, 0.2) is 18.2 Å². The molecule has 74 valence electrons. The molecule has 1 aliphatic rings. The van der Waals surface area contributed by atoms with E-state index in [1.807, 2.05) is 19.1 Å². The summed E-state index contributed by atoms with van der Waals surface area (Å²) in [6, 6.07) is 6.09. The number of hydrogen-bond acceptors (Lipinski definition) is 1. The minimum Gasteiger partial charge on any atom is -0.300 e. The Hall–Kier alpha value is -0.820. The van der Waals surface area contributed by atoms with Crippen LogP contribution in [0.5, 0.6) is 0 Å². The Morgan fingerprint density at radius 2 is 2.21 bits per heavy atom. The lowest BCUT2D eigenvalue weighted by Gasteiger charge is -2.02. The summed E-state index contributed by atoms with van der Waals surface area (Å²) < 4.78 is 0. The number of aryl methyl sites for hydroxylation is 1. The average Bonchev–Trinajstić information content (AvgIpc) is 2.89. The summed E-state index contributed by atoms with van der Waals surface area (Å²) in [6.07, 6.45) is 0.995. The number of carbonyl (C=O) groups is 1. The van der Waals surface area contributed by atoms with Gasteiger partial charge in [-0.15, -0.1) is 0 Å². The van der Waals surface area contributed by atoms with E-state index in [1.165, 1.54) is 5.56 Å². The van der Waals surface area contributed by atoms with Crippen LogP contribution in [0.1, 0.15) is 30.4 Å². The number of halogens is 1. The lowest BCUT2D eigenvalue weighted by atomic mass is 10.1. The molecular formula is C12H13ClO. The fraction of sp³-hybridized carbons (Fsp3) is 0.417. The molecule has 14 heavy (non-hydrogen) atoms. The van der Waals surface area contributed by atoms with E-state index in [-0.39, 0.29) is 5.92 Å². The molecule has 0 saturated heterocycles. The van der Waals surface area contributed by atoms with Crippen molar-refractivity contribution in [1.29, 1.82) is 0 Å². The normalized spacial score (nSPS) is 24.8. The van der Waals surface area contributed by atoms with E-state index < -0.39 is 0 Å². The van der Waals surface area contributed by atoms with Crippen molar-refractivity contribution in [2.45, 2.75) is 26.2 Å². The van der Waals surface area contributed by atoms with Gasteiger partial charge in [0.2, 0.25) is 0 Å². The zero-order chi connectivity index (χ0) is 10.3. The molecular weight excluding hydrogens is 196 g/mol. The first-order chi connectivity index (χ1) is 6.59. The van der Waals surface area contributed by atoms with Gasteiger partial charge in [-0.2, -0.15) is 0 Å². The summed E-state index contributed by atoms with van der Waals surface area (Å²) in [4.78, 5) is 11.1. The molecule has 0 bridgehead atoms. The van der Waals surface area contributed by atoms with Gasteiger partial charge in [-0.25, -0.2) is 0 Å². The molecule has 2 unspecified atom stereocenters. The van der Waals surface area contributed by atoms with Crippen LogP contribution in [0.2, 0.25) is 5.02 Å². The van der Waals surface area contributed by atoms with E-state index in [1.54, 1.807) is 6.92 Å². The van der Waals surface area contributed by atoms with Gasteiger partial charge in [0.25, 0.3) is 0 Å². The smallest absolute Gasteiger partial charge is 0.133 e. The molecule has 2 atom stereocenters. The molecule has 1 nitrogen and oxygen atoms in total. The minimum absolute atomic E-state index is 0.244. The third-order valence-electron chi connectivity index (χ3n) is 2.94. The summed E-state index contributed by atoms with van der Waals surface area (Å²) in [7, 11) is 0. The van der Waals surface area contributed by atoms with E-state index in [4.69, 9.17) is 11.6 Å². The Labute approximate surface area is 89.1 Å². The number of Topliss-reactive ketones (excluding diaryl/α,β-unsaturated/α-hetero) is 1. The highest BCUT2D eigenvalue weighted by Crippen LogP contribution is 2.48. The van der Waals surface area contributed by atoms with Crippen molar-refractivity contribution >= 4 is 17.4 Å². The van der Waals surface area contributed by atoms with Gasteiger partial charge in [-0.3, -0.25) is 4.79 Å². The van der Waals surface area contributed by atoms with Crippen LogP contribution in [0.4, 0.5) is 0 Å². The van der Waals surface area contributed by atoms with Crippen molar-refractivity contribution in [1.82, 2.24) is 0 Å². The number of ketones is 1. The topological polar surface area (TPSA) is 17.1 Å². The molecule has 0 amide bonds. The Balaban J connectivity index is 2.20. The molecule has 2 rings (SSSR count). The van der Waals surface area contributed by atoms with Crippen LogP contribution in [-0.2, 0) is 4.79 Å². The maximum Gasteiger partial charge on any atom is 0.133 e. The Bertz CT molecular complexity index is 384. The zero-order valence-electron chi connectivity index (χ0n) is 8.38. The van der Waals surface area contributed by atoms with Gasteiger partial charge in [0.05, 0.1) is 0 Å². The third-order valence-corrected chi connectivity index (χ3v) is 3.34. The average molecular weight is 209 g/mol. The van der Waals surface area contributed by atoms with Crippen molar-refractivity contribution in [2.75, 3.05) is 0 Å². The Morgan fingerprint density at radius 1 is 1.50 bits per heavy atom. The number of rotatable bonds is 2. The maximum absolute atomic E-state index is 11.1. The highest BCUT2D eigenvalue weighted by molar-refractivity contribution is 6.31. The molecule has 1 fully saturated rings. The predicted octanol–water partition coefficient (Wildman–Crippen LogP) is 3.34. The van der Waals surface area contributed by atoms with Crippen LogP contribution >= 0.6 is 11.6 Å². The summed E-state index contributed by atoms with van der Waals surface area (Å²) in [5, 5.41) is 0.803. The molecule has 0 N–H and O–H groups in total. The molecule has 0 spiro atoms. The quantitative estimate of drug-likeness (QED) is 0.729. The molecule has 0 aliphatic heterocycles. The highest BCUT2D eigenvalue weighted by atomic mass is 35.5. The lowest BCUT2D eigenvalue weighted by molar-refractivity contribution is -0.118. The van der Waals surface area contributed by atoms with Crippen LogP contribution in [0.3, 0.4) is 0 Å². The third kappa shape index (κ3) is 1.69. The summed E-state index contributed by atoms with van der Waals surface area (Å²) in [6.45, 7) is 3.65.